The van der Waals surface area contributed by atoms with Gasteiger partial charge in [-0.2, -0.15) is 0 Å². The number of ether oxygens (including phenoxy) is 1. The van der Waals surface area contributed by atoms with Crippen molar-refractivity contribution >= 4 is 27.7 Å². The van der Waals surface area contributed by atoms with Gasteiger partial charge in [-0.1, -0.05) is 18.2 Å². The maximum Gasteiger partial charge on any atom is 0.137 e. The third kappa shape index (κ3) is 3.27. The second kappa shape index (κ2) is 6.25. The summed E-state index contributed by atoms with van der Waals surface area (Å²) in [6.45, 7) is 0. The van der Waals surface area contributed by atoms with Crippen LogP contribution in [0.1, 0.15) is 5.56 Å². The lowest BCUT2D eigenvalue weighted by Crippen LogP contribution is -1.87. The Bertz CT molecular complexity index is 545. The van der Waals surface area contributed by atoms with Gasteiger partial charge in [-0.15, -0.1) is 11.8 Å². The van der Waals surface area contributed by atoms with Gasteiger partial charge in [-0.3, -0.25) is 0 Å². The molecule has 0 heterocycles. The Morgan fingerprint density at radius 2 is 2.00 bits per heavy atom. The molecule has 2 aromatic rings. The van der Waals surface area contributed by atoms with Crippen LogP contribution in [0.2, 0.25) is 0 Å². The smallest absolute Gasteiger partial charge is 0.137 e. The van der Waals surface area contributed by atoms with Gasteiger partial charge in [0.05, 0.1) is 11.6 Å². The van der Waals surface area contributed by atoms with E-state index < -0.39 is 0 Å². The van der Waals surface area contributed by atoms with E-state index in [4.69, 9.17) is 4.74 Å². The topological polar surface area (TPSA) is 9.23 Å². The third-order valence-corrected chi connectivity index (χ3v) is 4.18. The van der Waals surface area contributed by atoms with Crippen molar-refractivity contribution in [1.82, 2.24) is 0 Å². The fraction of sp³-hybridized carbons (Fsp3) is 0.143. The molecule has 2 aromatic carbocycles. The van der Waals surface area contributed by atoms with E-state index in [1.807, 2.05) is 24.3 Å². The number of methoxy groups -OCH3 is 1. The zero-order valence-electron chi connectivity index (χ0n) is 9.82. The number of rotatable bonds is 4. The first kappa shape index (κ1) is 13.4. The standard InChI is InChI=1S/C14H12BrFOS/c1-17-13-4-2-3-5-14(13)18-9-10-6-7-12(16)11(15)8-10/h2-8H,9H2,1H3. The molecule has 0 fully saturated rings. The number of para-hydroxylation sites is 1. The van der Waals surface area contributed by atoms with E-state index in [1.54, 1.807) is 31.0 Å². The molecular formula is C14H12BrFOS. The van der Waals surface area contributed by atoms with Crippen molar-refractivity contribution in [2.75, 3.05) is 7.11 Å². The Kier molecular flexibility index (Phi) is 4.66. The zero-order valence-corrected chi connectivity index (χ0v) is 12.2. The van der Waals surface area contributed by atoms with Crippen molar-refractivity contribution in [1.29, 1.82) is 0 Å². The Hall–Kier alpha value is -1.00. The molecule has 94 valence electrons. The predicted molar refractivity (Wildman–Crippen MR) is 76.7 cm³/mol. The third-order valence-electron chi connectivity index (χ3n) is 2.45. The Balaban J connectivity index is 2.09. The van der Waals surface area contributed by atoms with E-state index in [0.717, 1.165) is 22.0 Å². The Labute approximate surface area is 118 Å². The molecule has 0 bridgehead atoms. The average Bonchev–Trinajstić information content (AvgIpc) is 2.40. The van der Waals surface area contributed by atoms with E-state index in [1.165, 1.54) is 6.07 Å². The van der Waals surface area contributed by atoms with E-state index >= 15 is 0 Å². The van der Waals surface area contributed by atoms with Crippen LogP contribution in [0.15, 0.2) is 51.8 Å². The first-order valence-corrected chi connectivity index (χ1v) is 7.18. The largest absolute Gasteiger partial charge is 0.496 e. The van der Waals surface area contributed by atoms with Gasteiger partial charge in [0.2, 0.25) is 0 Å². The van der Waals surface area contributed by atoms with Gasteiger partial charge in [0.1, 0.15) is 11.6 Å². The number of thioether (sulfide) groups is 1. The molecule has 0 radical (unpaired) electrons. The summed E-state index contributed by atoms with van der Waals surface area (Å²) in [5.41, 5.74) is 1.07. The molecular weight excluding hydrogens is 315 g/mol. The van der Waals surface area contributed by atoms with Crippen molar-refractivity contribution in [3.8, 4) is 5.75 Å². The van der Waals surface area contributed by atoms with Crippen LogP contribution in [0.25, 0.3) is 0 Å². The highest BCUT2D eigenvalue weighted by molar-refractivity contribution is 9.10. The molecule has 0 unspecified atom stereocenters. The number of hydrogen-bond donors (Lipinski definition) is 0. The van der Waals surface area contributed by atoms with E-state index in [-0.39, 0.29) is 5.82 Å². The monoisotopic (exact) mass is 326 g/mol. The summed E-state index contributed by atoms with van der Waals surface area (Å²) in [6, 6.07) is 12.9. The van der Waals surface area contributed by atoms with Crippen LogP contribution >= 0.6 is 27.7 Å². The van der Waals surface area contributed by atoms with Crippen molar-refractivity contribution in [3.05, 3.63) is 58.3 Å². The van der Waals surface area contributed by atoms with Crippen molar-refractivity contribution < 1.29 is 9.13 Å². The van der Waals surface area contributed by atoms with Gasteiger partial charge >= 0.3 is 0 Å². The first-order chi connectivity index (χ1) is 8.70. The average molecular weight is 327 g/mol. The lowest BCUT2D eigenvalue weighted by molar-refractivity contribution is 0.405. The number of hydrogen-bond acceptors (Lipinski definition) is 2. The molecule has 0 aliphatic carbocycles. The van der Waals surface area contributed by atoms with Crippen LogP contribution in [0.5, 0.6) is 5.75 Å². The SMILES string of the molecule is COc1ccccc1SCc1ccc(F)c(Br)c1. The summed E-state index contributed by atoms with van der Waals surface area (Å²) in [5, 5.41) is 0. The van der Waals surface area contributed by atoms with Crippen LogP contribution in [-0.2, 0) is 5.75 Å². The number of halogens is 2. The summed E-state index contributed by atoms with van der Waals surface area (Å²) in [6.07, 6.45) is 0. The van der Waals surface area contributed by atoms with Crippen LogP contribution in [-0.4, -0.2) is 7.11 Å². The summed E-state index contributed by atoms with van der Waals surface area (Å²) in [5.74, 6) is 1.41. The maximum absolute atomic E-state index is 13.1. The van der Waals surface area contributed by atoms with E-state index in [2.05, 4.69) is 15.9 Å². The molecule has 18 heavy (non-hydrogen) atoms. The molecule has 0 aromatic heterocycles. The van der Waals surface area contributed by atoms with E-state index in [9.17, 15) is 4.39 Å². The Morgan fingerprint density at radius 3 is 2.72 bits per heavy atom. The normalized spacial score (nSPS) is 10.4. The molecule has 0 atom stereocenters. The molecule has 0 amide bonds. The van der Waals surface area contributed by atoms with Crippen molar-refractivity contribution in [2.24, 2.45) is 0 Å². The molecule has 0 saturated heterocycles. The van der Waals surface area contributed by atoms with Gasteiger partial charge in [0, 0.05) is 10.6 Å². The molecule has 4 heteroatoms. The second-order valence-corrected chi connectivity index (χ2v) is 5.56. The summed E-state index contributed by atoms with van der Waals surface area (Å²) >= 11 is 4.86. The van der Waals surface area contributed by atoms with Crippen molar-refractivity contribution in [2.45, 2.75) is 10.6 Å². The highest BCUT2D eigenvalue weighted by atomic mass is 79.9. The highest BCUT2D eigenvalue weighted by Gasteiger charge is 2.04. The minimum absolute atomic E-state index is 0.235. The molecule has 2 rings (SSSR count). The number of benzene rings is 2. The molecule has 0 spiro atoms. The van der Waals surface area contributed by atoms with Crippen molar-refractivity contribution in [3.63, 3.8) is 0 Å². The summed E-state index contributed by atoms with van der Waals surface area (Å²) in [7, 11) is 1.66. The lowest BCUT2D eigenvalue weighted by atomic mass is 10.2. The quantitative estimate of drug-likeness (QED) is 0.740. The minimum Gasteiger partial charge on any atom is -0.496 e. The van der Waals surface area contributed by atoms with Crippen LogP contribution in [0, 0.1) is 5.82 Å². The van der Waals surface area contributed by atoms with E-state index in [0.29, 0.717) is 4.47 Å². The van der Waals surface area contributed by atoms with Gasteiger partial charge in [0.15, 0.2) is 0 Å². The zero-order chi connectivity index (χ0) is 13.0. The second-order valence-electron chi connectivity index (χ2n) is 3.69. The van der Waals surface area contributed by atoms with Gasteiger partial charge < -0.3 is 4.74 Å². The minimum atomic E-state index is -0.235. The fourth-order valence-electron chi connectivity index (χ4n) is 1.53. The Morgan fingerprint density at radius 1 is 1.22 bits per heavy atom. The van der Waals surface area contributed by atoms with Gasteiger partial charge in [-0.05, 0) is 45.8 Å². The molecule has 0 aliphatic rings. The summed E-state index contributed by atoms with van der Waals surface area (Å²) < 4.78 is 18.9. The maximum atomic E-state index is 13.1. The fourth-order valence-corrected chi connectivity index (χ4v) is 2.92. The first-order valence-electron chi connectivity index (χ1n) is 5.40. The summed E-state index contributed by atoms with van der Waals surface area (Å²) in [4.78, 5) is 1.08. The van der Waals surface area contributed by atoms with Gasteiger partial charge in [0.25, 0.3) is 0 Å². The molecule has 0 N–H and O–H groups in total. The lowest BCUT2D eigenvalue weighted by Gasteiger charge is -2.08. The molecule has 1 nitrogen and oxygen atoms in total. The van der Waals surface area contributed by atoms with Crippen LogP contribution < -0.4 is 4.74 Å². The highest BCUT2D eigenvalue weighted by Crippen LogP contribution is 2.31. The van der Waals surface area contributed by atoms with Gasteiger partial charge in [-0.25, -0.2) is 4.39 Å². The van der Waals surface area contributed by atoms with Crippen LogP contribution in [0.4, 0.5) is 4.39 Å². The molecule has 0 aliphatic heterocycles. The molecule has 0 saturated carbocycles. The predicted octanol–water partition coefficient (Wildman–Crippen LogP) is 4.89. The van der Waals surface area contributed by atoms with Crippen LogP contribution in [0.3, 0.4) is 0 Å².